The lowest BCUT2D eigenvalue weighted by molar-refractivity contribution is 0.241. The lowest BCUT2D eigenvalue weighted by atomic mass is 10.1. The zero-order valence-corrected chi connectivity index (χ0v) is 17.2. The summed E-state index contributed by atoms with van der Waals surface area (Å²) in [5, 5.41) is 6.45. The zero-order chi connectivity index (χ0) is 20.7. The highest BCUT2D eigenvalue weighted by Gasteiger charge is 2.23. The molecule has 0 amide bonds. The van der Waals surface area contributed by atoms with Crippen LogP contribution >= 0.6 is 11.3 Å². The fraction of sp³-hybridized carbons (Fsp3) is 0.227. The normalized spacial score (nSPS) is 14.1. The predicted octanol–water partition coefficient (Wildman–Crippen LogP) is 3.69. The summed E-state index contributed by atoms with van der Waals surface area (Å²) < 4.78 is 15.0. The summed E-state index contributed by atoms with van der Waals surface area (Å²) >= 11 is 1.57. The van der Waals surface area contributed by atoms with Crippen molar-refractivity contribution in [2.75, 3.05) is 6.54 Å². The van der Waals surface area contributed by atoms with Gasteiger partial charge in [0.05, 0.1) is 28.0 Å². The van der Waals surface area contributed by atoms with Gasteiger partial charge in [0.25, 0.3) is 5.56 Å². The number of thiophene rings is 1. The molecule has 1 aliphatic rings. The van der Waals surface area contributed by atoms with Crippen molar-refractivity contribution >= 4 is 11.3 Å². The van der Waals surface area contributed by atoms with Crippen LogP contribution in [0.4, 0.5) is 4.39 Å². The van der Waals surface area contributed by atoms with E-state index in [0.717, 1.165) is 46.0 Å². The fourth-order valence-electron chi connectivity index (χ4n) is 3.83. The highest BCUT2D eigenvalue weighted by Crippen LogP contribution is 2.24. The Kier molecular flexibility index (Phi) is 4.80. The number of nitrogens with one attached hydrogen (secondary N) is 1. The molecule has 0 atom stereocenters. The third kappa shape index (κ3) is 3.48. The van der Waals surface area contributed by atoms with Crippen LogP contribution < -0.4 is 5.56 Å². The van der Waals surface area contributed by atoms with Gasteiger partial charge in [-0.05, 0) is 42.6 Å². The van der Waals surface area contributed by atoms with E-state index in [9.17, 15) is 9.18 Å². The van der Waals surface area contributed by atoms with Crippen LogP contribution in [0.2, 0.25) is 0 Å². The number of hydrogen-bond acceptors (Lipinski definition) is 5. The standard InChI is InChI=1S/C22H20FN5OS/c1-14-15(11-24-28(14)17-6-4-16(23)5-7-17)12-27-9-8-19-18(13-27)22(29)26-21(25-19)20-3-2-10-30-20/h2-7,10-11H,8-9,12-13H2,1H3,(H,25,26,29). The molecule has 0 aliphatic carbocycles. The van der Waals surface area contributed by atoms with Crippen LogP contribution in [0.15, 0.2) is 52.8 Å². The summed E-state index contributed by atoms with van der Waals surface area (Å²) in [5.41, 5.74) is 4.48. The second-order valence-corrected chi connectivity index (χ2v) is 8.37. The molecule has 4 aromatic rings. The minimum atomic E-state index is -0.267. The Morgan fingerprint density at radius 2 is 2.07 bits per heavy atom. The van der Waals surface area contributed by atoms with Crippen molar-refractivity contribution in [1.82, 2.24) is 24.6 Å². The van der Waals surface area contributed by atoms with Crippen molar-refractivity contribution in [3.8, 4) is 16.4 Å². The topological polar surface area (TPSA) is 66.8 Å². The van der Waals surface area contributed by atoms with E-state index in [0.29, 0.717) is 18.9 Å². The zero-order valence-electron chi connectivity index (χ0n) is 16.4. The summed E-state index contributed by atoms with van der Waals surface area (Å²) in [6.07, 6.45) is 2.58. The van der Waals surface area contributed by atoms with E-state index in [1.807, 2.05) is 35.3 Å². The number of fused-ring (bicyclic) bond motifs is 1. The number of H-pyrrole nitrogens is 1. The average molecular weight is 422 g/mol. The smallest absolute Gasteiger partial charge is 0.255 e. The number of aromatic amines is 1. The van der Waals surface area contributed by atoms with Gasteiger partial charge in [-0.1, -0.05) is 6.07 Å². The van der Waals surface area contributed by atoms with Crippen LogP contribution in [-0.2, 0) is 19.5 Å². The van der Waals surface area contributed by atoms with Crippen LogP contribution in [-0.4, -0.2) is 31.2 Å². The van der Waals surface area contributed by atoms with Crippen molar-refractivity contribution in [3.63, 3.8) is 0 Å². The molecule has 0 spiro atoms. The number of halogens is 1. The summed E-state index contributed by atoms with van der Waals surface area (Å²) in [7, 11) is 0. The van der Waals surface area contributed by atoms with E-state index >= 15 is 0 Å². The maximum atomic E-state index is 13.2. The van der Waals surface area contributed by atoms with Gasteiger partial charge in [-0.25, -0.2) is 14.1 Å². The summed E-state index contributed by atoms with van der Waals surface area (Å²) in [5.74, 6) is 0.385. The first kappa shape index (κ1) is 18.9. The molecule has 1 N–H and O–H groups in total. The molecular formula is C22H20FN5OS. The molecule has 5 rings (SSSR count). The number of nitrogens with zero attached hydrogens (tertiary/aromatic N) is 4. The lowest BCUT2D eigenvalue weighted by Crippen LogP contribution is -2.35. The Balaban J connectivity index is 1.36. The largest absolute Gasteiger partial charge is 0.306 e. The highest BCUT2D eigenvalue weighted by molar-refractivity contribution is 7.13. The molecule has 6 nitrogen and oxygen atoms in total. The third-order valence-electron chi connectivity index (χ3n) is 5.48. The molecule has 30 heavy (non-hydrogen) atoms. The first-order valence-corrected chi connectivity index (χ1v) is 10.6. The van der Waals surface area contributed by atoms with Crippen molar-refractivity contribution < 1.29 is 4.39 Å². The van der Waals surface area contributed by atoms with E-state index in [1.165, 1.54) is 12.1 Å². The second kappa shape index (κ2) is 7.62. The van der Waals surface area contributed by atoms with E-state index in [2.05, 4.69) is 15.0 Å². The van der Waals surface area contributed by atoms with Gasteiger partial charge in [0.1, 0.15) is 5.82 Å². The monoisotopic (exact) mass is 421 g/mol. The number of aromatic nitrogens is 4. The van der Waals surface area contributed by atoms with E-state index in [4.69, 9.17) is 4.98 Å². The molecule has 0 saturated carbocycles. The Labute approximate surface area is 176 Å². The molecule has 1 aliphatic heterocycles. The summed E-state index contributed by atoms with van der Waals surface area (Å²) in [6, 6.07) is 10.2. The van der Waals surface area contributed by atoms with Gasteiger partial charge in [-0.2, -0.15) is 5.10 Å². The van der Waals surface area contributed by atoms with Crippen LogP contribution in [0, 0.1) is 12.7 Å². The van der Waals surface area contributed by atoms with E-state index in [-0.39, 0.29) is 11.4 Å². The van der Waals surface area contributed by atoms with Crippen molar-refractivity contribution in [1.29, 1.82) is 0 Å². The van der Waals surface area contributed by atoms with Crippen LogP contribution in [0.3, 0.4) is 0 Å². The fourth-order valence-corrected chi connectivity index (χ4v) is 4.50. The van der Waals surface area contributed by atoms with Gasteiger partial charge in [0.15, 0.2) is 5.82 Å². The van der Waals surface area contributed by atoms with Gasteiger partial charge in [0, 0.05) is 37.3 Å². The summed E-state index contributed by atoms with van der Waals surface area (Å²) in [6.45, 7) is 4.09. The first-order valence-electron chi connectivity index (χ1n) is 9.76. The molecule has 0 unspecified atom stereocenters. The van der Waals surface area contributed by atoms with Crippen LogP contribution in [0.5, 0.6) is 0 Å². The molecule has 1 aromatic carbocycles. The molecule has 0 saturated heterocycles. The van der Waals surface area contributed by atoms with Gasteiger partial charge in [-0.15, -0.1) is 11.3 Å². The molecular weight excluding hydrogens is 401 g/mol. The SMILES string of the molecule is Cc1c(CN2CCc3nc(-c4cccs4)[nH]c(=O)c3C2)cnn1-c1ccc(F)cc1. The van der Waals surface area contributed by atoms with Gasteiger partial charge in [0.2, 0.25) is 0 Å². The number of rotatable bonds is 4. The van der Waals surface area contributed by atoms with Crippen LogP contribution in [0.1, 0.15) is 22.5 Å². The van der Waals surface area contributed by atoms with Gasteiger partial charge < -0.3 is 4.98 Å². The number of benzene rings is 1. The molecule has 152 valence electrons. The third-order valence-corrected chi connectivity index (χ3v) is 6.36. The Bertz CT molecular complexity index is 1240. The van der Waals surface area contributed by atoms with Crippen molar-refractivity contribution in [2.24, 2.45) is 0 Å². The molecule has 3 aromatic heterocycles. The Hall–Kier alpha value is -3.10. The second-order valence-electron chi connectivity index (χ2n) is 7.42. The summed E-state index contributed by atoms with van der Waals surface area (Å²) in [4.78, 5) is 23.6. The van der Waals surface area contributed by atoms with Gasteiger partial charge in [-0.3, -0.25) is 9.69 Å². The van der Waals surface area contributed by atoms with Crippen LogP contribution in [0.25, 0.3) is 16.4 Å². The maximum absolute atomic E-state index is 13.2. The average Bonchev–Trinajstić information content (AvgIpc) is 3.40. The molecule has 4 heterocycles. The first-order chi connectivity index (χ1) is 14.6. The predicted molar refractivity (Wildman–Crippen MR) is 114 cm³/mol. The number of hydrogen-bond donors (Lipinski definition) is 1. The minimum Gasteiger partial charge on any atom is -0.306 e. The molecule has 0 radical (unpaired) electrons. The quantitative estimate of drug-likeness (QED) is 0.546. The van der Waals surface area contributed by atoms with E-state index in [1.54, 1.807) is 23.5 Å². The maximum Gasteiger partial charge on any atom is 0.255 e. The lowest BCUT2D eigenvalue weighted by Gasteiger charge is -2.27. The van der Waals surface area contributed by atoms with Crippen molar-refractivity contribution in [3.05, 3.63) is 86.7 Å². The molecule has 8 heteroatoms. The van der Waals surface area contributed by atoms with Gasteiger partial charge >= 0.3 is 0 Å². The highest BCUT2D eigenvalue weighted by atomic mass is 32.1. The molecule has 0 bridgehead atoms. The van der Waals surface area contributed by atoms with Crippen molar-refractivity contribution in [2.45, 2.75) is 26.4 Å². The minimum absolute atomic E-state index is 0.0631. The Morgan fingerprint density at radius 1 is 1.23 bits per heavy atom. The Morgan fingerprint density at radius 3 is 2.83 bits per heavy atom. The molecule has 0 fully saturated rings. The van der Waals surface area contributed by atoms with E-state index < -0.39 is 0 Å².